The van der Waals surface area contributed by atoms with Crippen LogP contribution in [0.15, 0.2) is 30.3 Å². The normalized spacial score (nSPS) is 11.6. The Labute approximate surface area is 100 Å². The molecule has 0 saturated carbocycles. The molecule has 0 N–H and O–H groups in total. The van der Waals surface area contributed by atoms with Gasteiger partial charge in [0.15, 0.2) is 0 Å². The van der Waals surface area contributed by atoms with Gasteiger partial charge in [-0.25, -0.2) is 0 Å². The Hall–Kier alpha value is -0.502. The summed E-state index contributed by atoms with van der Waals surface area (Å²) in [5.74, 6) is 0. The van der Waals surface area contributed by atoms with Crippen LogP contribution in [-0.2, 0) is 11.2 Å². The van der Waals surface area contributed by atoms with Crippen LogP contribution in [0.2, 0.25) is 0 Å². The molecule has 1 aromatic rings. The topological polar surface area (TPSA) is 35.5 Å². The summed E-state index contributed by atoms with van der Waals surface area (Å²) in [5.41, 5.74) is 0. The van der Waals surface area contributed by atoms with E-state index < -0.39 is 14.2 Å². The molecule has 1 rings (SSSR count). The van der Waals surface area contributed by atoms with Crippen LogP contribution in [0.4, 0.5) is 0 Å². The van der Waals surface area contributed by atoms with E-state index in [1.807, 2.05) is 44.2 Å². The van der Waals surface area contributed by atoms with E-state index in [1.54, 1.807) is 0 Å². The van der Waals surface area contributed by atoms with Crippen LogP contribution < -0.4 is 4.35 Å². The fourth-order valence-corrected chi connectivity index (χ4v) is 4.90. The molecule has 4 heteroatoms. The summed E-state index contributed by atoms with van der Waals surface area (Å²) in [4.78, 5) is 0. The molecule has 0 fully saturated rings. The van der Waals surface area contributed by atoms with E-state index in [4.69, 9.17) is 7.45 Å². The summed E-state index contributed by atoms with van der Waals surface area (Å²) in [6.45, 7) is 4.94. The van der Waals surface area contributed by atoms with Crippen molar-refractivity contribution >= 4 is 18.5 Å². The molecule has 16 heavy (non-hydrogen) atoms. The van der Waals surface area contributed by atoms with Gasteiger partial charge >= 0.3 is 100.0 Å². The van der Waals surface area contributed by atoms with E-state index in [9.17, 15) is 3.74 Å². The number of benzene rings is 1. The minimum absolute atomic E-state index is 0.481. The molecule has 3 nitrogen and oxygen atoms in total. The van der Waals surface area contributed by atoms with E-state index in [2.05, 4.69) is 0 Å². The summed E-state index contributed by atoms with van der Waals surface area (Å²) >= 11 is -3.79. The van der Waals surface area contributed by atoms with Crippen molar-refractivity contribution in [2.24, 2.45) is 0 Å². The van der Waals surface area contributed by atoms with Crippen LogP contribution in [0.1, 0.15) is 26.7 Å². The van der Waals surface area contributed by atoms with Crippen LogP contribution in [0.3, 0.4) is 0 Å². The van der Waals surface area contributed by atoms with Gasteiger partial charge in [-0.15, -0.1) is 0 Å². The second-order valence-corrected chi connectivity index (χ2v) is 7.75. The van der Waals surface area contributed by atoms with Crippen LogP contribution in [0.5, 0.6) is 0 Å². The molecule has 0 spiro atoms. The molecule has 90 valence electrons. The average molecular weight is 286 g/mol. The molecule has 0 atom stereocenters. The first-order valence-corrected chi connectivity index (χ1v) is 8.91. The molecule has 1 aromatic carbocycles. The first-order chi connectivity index (χ1) is 7.73. The summed E-state index contributed by atoms with van der Waals surface area (Å²) in [6, 6.07) is 9.22. The van der Waals surface area contributed by atoms with Crippen molar-refractivity contribution in [1.29, 1.82) is 0 Å². The van der Waals surface area contributed by atoms with Gasteiger partial charge in [-0.1, -0.05) is 0 Å². The van der Waals surface area contributed by atoms with Gasteiger partial charge in [-0.05, 0) is 0 Å². The molecule has 0 unspecified atom stereocenters. The molecule has 0 aliphatic carbocycles. The fourth-order valence-electron chi connectivity index (χ4n) is 1.22. The monoisotopic (exact) mass is 286 g/mol. The molecule has 0 heterocycles. The molecule has 0 saturated heterocycles. The van der Waals surface area contributed by atoms with Crippen LogP contribution in [-0.4, -0.2) is 27.4 Å². The Morgan fingerprint density at radius 3 is 1.94 bits per heavy atom. The summed E-state index contributed by atoms with van der Waals surface area (Å²) < 4.78 is 24.2. The van der Waals surface area contributed by atoms with E-state index in [0.717, 1.165) is 12.8 Å². The molecule has 0 aliphatic rings. The minimum atomic E-state index is -3.79. The van der Waals surface area contributed by atoms with Crippen molar-refractivity contribution < 1.29 is 11.2 Å². The third kappa shape index (κ3) is 3.82. The quantitative estimate of drug-likeness (QED) is 0.720. The van der Waals surface area contributed by atoms with E-state index in [0.29, 0.717) is 17.6 Å². The predicted octanol–water partition coefficient (Wildman–Crippen LogP) is 2.12. The third-order valence-corrected chi connectivity index (χ3v) is 6.15. The Kier molecular flexibility index (Phi) is 5.89. The van der Waals surface area contributed by atoms with Gasteiger partial charge in [0.25, 0.3) is 0 Å². The standard InChI is InChI=1S/C12H19AsO3/c1-3-10-15-13(14,16-11-4-2)12-8-6-5-7-9-12/h5-9H,3-4,10-11H2,1-2H3. The molecule has 0 aromatic heterocycles. The summed E-state index contributed by atoms with van der Waals surface area (Å²) in [6.07, 6.45) is 1.68. The first kappa shape index (κ1) is 13.6. The SMILES string of the molecule is CCCO[As](=O)(OCCC)c1ccccc1. The van der Waals surface area contributed by atoms with Crippen molar-refractivity contribution in [3.8, 4) is 0 Å². The van der Waals surface area contributed by atoms with E-state index >= 15 is 0 Å². The van der Waals surface area contributed by atoms with Gasteiger partial charge in [-0.3, -0.25) is 0 Å². The van der Waals surface area contributed by atoms with Gasteiger partial charge in [-0.2, -0.15) is 0 Å². The summed E-state index contributed by atoms with van der Waals surface area (Å²) in [7, 11) is 0. The second kappa shape index (κ2) is 6.95. The number of rotatable bonds is 7. The van der Waals surface area contributed by atoms with E-state index in [1.165, 1.54) is 0 Å². The van der Waals surface area contributed by atoms with Crippen molar-refractivity contribution in [3.05, 3.63) is 30.3 Å². The van der Waals surface area contributed by atoms with Crippen molar-refractivity contribution in [1.82, 2.24) is 0 Å². The molecule has 0 radical (unpaired) electrons. The van der Waals surface area contributed by atoms with Gasteiger partial charge in [0.05, 0.1) is 0 Å². The van der Waals surface area contributed by atoms with Crippen LogP contribution in [0, 0.1) is 0 Å². The van der Waals surface area contributed by atoms with Crippen LogP contribution in [0.25, 0.3) is 0 Å². The third-order valence-electron chi connectivity index (χ3n) is 2.00. The first-order valence-electron chi connectivity index (χ1n) is 5.67. The molecular weight excluding hydrogens is 267 g/mol. The molecular formula is C12H19AsO3. The zero-order valence-corrected chi connectivity index (χ0v) is 11.8. The maximum absolute atomic E-state index is 12.5. The van der Waals surface area contributed by atoms with Crippen LogP contribution >= 0.6 is 0 Å². The van der Waals surface area contributed by atoms with Gasteiger partial charge in [0.1, 0.15) is 0 Å². The Morgan fingerprint density at radius 1 is 1.00 bits per heavy atom. The average Bonchev–Trinajstić information content (AvgIpc) is 2.35. The molecule has 0 aliphatic heterocycles. The Bertz CT molecular complexity index is 325. The maximum atomic E-state index is 12.5. The Balaban J connectivity index is 2.82. The van der Waals surface area contributed by atoms with Crippen molar-refractivity contribution in [2.75, 3.05) is 13.2 Å². The Morgan fingerprint density at radius 2 is 1.50 bits per heavy atom. The predicted molar refractivity (Wildman–Crippen MR) is 65.0 cm³/mol. The zero-order valence-electron chi connectivity index (χ0n) is 9.89. The van der Waals surface area contributed by atoms with E-state index in [-0.39, 0.29) is 0 Å². The number of hydrogen-bond donors (Lipinski definition) is 0. The van der Waals surface area contributed by atoms with Crippen molar-refractivity contribution in [3.63, 3.8) is 0 Å². The zero-order chi connectivity index (χ0) is 11.9. The van der Waals surface area contributed by atoms with Crippen molar-refractivity contribution in [2.45, 2.75) is 26.7 Å². The number of hydrogen-bond acceptors (Lipinski definition) is 3. The fraction of sp³-hybridized carbons (Fsp3) is 0.500. The molecule has 0 bridgehead atoms. The summed E-state index contributed by atoms with van der Waals surface area (Å²) in [5, 5.41) is 0. The van der Waals surface area contributed by atoms with Gasteiger partial charge in [0, 0.05) is 0 Å². The second-order valence-electron chi connectivity index (χ2n) is 3.50. The van der Waals surface area contributed by atoms with Gasteiger partial charge in [0.2, 0.25) is 0 Å². The molecule has 0 amide bonds. The van der Waals surface area contributed by atoms with Gasteiger partial charge < -0.3 is 0 Å².